The van der Waals surface area contributed by atoms with E-state index < -0.39 is 9.84 Å². The second-order valence-corrected chi connectivity index (χ2v) is 7.07. The van der Waals surface area contributed by atoms with Crippen molar-refractivity contribution in [1.29, 1.82) is 0 Å². The van der Waals surface area contributed by atoms with E-state index in [9.17, 15) is 13.2 Å². The molecule has 0 radical (unpaired) electrons. The van der Waals surface area contributed by atoms with Crippen molar-refractivity contribution in [2.24, 2.45) is 0 Å². The van der Waals surface area contributed by atoms with Crippen molar-refractivity contribution >= 4 is 15.7 Å². The van der Waals surface area contributed by atoms with Crippen LogP contribution in [0.15, 0.2) is 39.8 Å². The summed E-state index contributed by atoms with van der Waals surface area (Å²) in [5.41, 5.74) is 1.41. The number of carbonyl (C=O) groups is 1. The molecule has 7 heteroatoms. The molecule has 1 heterocycles. The van der Waals surface area contributed by atoms with Gasteiger partial charge in [-0.1, -0.05) is 23.4 Å². The fraction of sp³-hybridized carbons (Fsp3) is 0.333. The number of rotatable bonds is 6. The van der Waals surface area contributed by atoms with Crippen LogP contribution in [0.2, 0.25) is 0 Å². The van der Waals surface area contributed by atoms with Crippen LogP contribution >= 0.6 is 0 Å². The van der Waals surface area contributed by atoms with Crippen molar-refractivity contribution in [2.45, 2.75) is 25.2 Å². The molecule has 1 N–H and O–H groups in total. The first-order valence-electron chi connectivity index (χ1n) is 6.86. The van der Waals surface area contributed by atoms with Crippen LogP contribution in [0.1, 0.15) is 17.0 Å². The van der Waals surface area contributed by atoms with Gasteiger partial charge in [-0.3, -0.25) is 4.79 Å². The third kappa shape index (κ3) is 3.94. The molecule has 0 atom stereocenters. The molecule has 118 valence electrons. The van der Waals surface area contributed by atoms with Gasteiger partial charge in [-0.25, -0.2) is 8.42 Å². The van der Waals surface area contributed by atoms with Gasteiger partial charge in [-0.15, -0.1) is 0 Å². The van der Waals surface area contributed by atoms with Crippen molar-refractivity contribution in [2.75, 3.05) is 12.3 Å². The molecule has 1 aromatic heterocycles. The monoisotopic (exact) mass is 322 g/mol. The van der Waals surface area contributed by atoms with Crippen molar-refractivity contribution in [3.05, 3.63) is 47.3 Å². The smallest absolute Gasteiger partial charge is 0.224 e. The minimum absolute atomic E-state index is 0.0689. The maximum absolute atomic E-state index is 12.1. The molecule has 0 unspecified atom stereocenters. The number of aryl methyl sites for hydroxylation is 2. The van der Waals surface area contributed by atoms with E-state index in [1.807, 2.05) is 0 Å². The standard InChI is InChI=1S/C15H18N2O4S/c1-11-14(12(2)21-17-11)10-15(18)16-8-9-22(19,20)13-6-4-3-5-7-13/h3-7H,8-10H2,1-2H3,(H,16,18). The van der Waals surface area contributed by atoms with E-state index in [2.05, 4.69) is 10.5 Å². The topological polar surface area (TPSA) is 89.3 Å². The summed E-state index contributed by atoms with van der Waals surface area (Å²) in [5.74, 6) is 0.215. The van der Waals surface area contributed by atoms with Crippen LogP contribution in [-0.2, 0) is 21.1 Å². The van der Waals surface area contributed by atoms with Crippen LogP contribution in [0.4, 0.5) is 0 Å². The molecule has 2 rings (SSSR count). The Labute approximate surface area is 129 Å². The number of nitrogens with zero attached hydrogens (tertiary/aromatic N) is 1. The lowest BCUT2D eigenvalue weighted by molar-refractivity contribution is -0.120. The van der Waals surface area contributed by atoms with Crippen LogP contribution in [0, 0.1) is 13.8 Å². The van der Waals surface area contributed by atoms with Crippen LogP contribution < -0.4 is 5.32 Å². The summed E-state index contributed by atoms with van der Waals surface area (Å²) < 4.78 is 29.1. The van der Waals surface area contributed by atoms with Gasteiger partial charge >= 0.3 is 0 Å². The first-order chi connectivity index (χ1) is 10.4. The minimum Gasteiger partial charge on any atom is -0.361 e. The fourth-order valence-corrected chi connectivity index (χ4v) is 3.23. The van der Waals surface area contributed by atoms with Gasteiger partial charge in [0.25, 0.3) is 0 Å². The highest BCUT2D eigenvalue weighted by molar-refractivity contribution is 7.91. The molecule has 0 aliphatic heterocycles. The van der Waals surface area contributed by atoms with Crippen LogP contribution in [-0.4, -0.2) is 31.8 Å². The van der Waals surface area contributed by atoms with E-state index >= 15 is 0 Å². The molecule has 2 aromatic rings. The number of amides is 1. The quantitative estimate of drug-likeness (QED) is 0.869. The van der Waals surface area contributed by atoms with E-state index in [-0.39, 0.29) is 29.5 Å². The predicted octanol–water partition coefficient (Wildman–Crippen LogP) is 1.42. The van der Waals surface area contributed by atoms with E-state index in [1.165, 1.54) is 0 Å². The molecule has 0 saturated carbocycles. The van der Waals surface area contributed by atoms with Gasteiger partial charge < -0.3 is 9.84 Å². The van der Waals surface area contributed by atoms with E-state index in [0.29, 0.717) is 11.5 Å². The van der Waals surface area contributed by atoms with Crippen molar-refractivity contribution in [3.8, 4) is 0 Å². The van der Waals surface area contributed by atoms with Gasteiger partial charge in [0.05, 0.1) is 22.8 Å². The molecule has 0 bridgehead atoms. The van der Waals surface area contributed by atoms with Gasteiger partial charge in [0.15, 0.2) is 9.84 Å². The lowest BCUT2D eigenvalue weighted by atomic mass is 10.1. The molecule has 1 amide bonds. The van der Waals surface area contributed by atoms with E-state index in [4.69, 9.17) is 4.52 Å². The molecule has 0 fully saturated rings. The van der Waals surface area contributed by atoms with Crippen molar-refractivity contribution < 1.29 is 17.7 Å². The molecule has 6 nitrogen and oxygen atoms in total. The number of hydrogen-bond donors (Lipinski definition) is 1. The number of hydrogen-bond acceptors (Lipinski definition) is 5. The number of aromatic nitrogens is 1. The third-order valence-corrected chi connectivity index (χ3v) is 5.05. The highest BCUT2D eigenvalue weighted by Crippen LogP contribution is 2.13. The lowest BCUT2D eigenvalue weighted by Crippen LogP contribution is -2.30. The Balaban J connectivity index is 1.87. The van der Waals surface area contributed by atoms with E-state index in [0.717, 1.165) is 5.56 Å². The Morgan fingerprint density at radius 3 is 2.50 bits per heavy atom. The lowest BCUT2D eigenvalue weighted by Gasteiger charge is -2.06. The van der Waals surface area contributed by atoms with Crippen molar-refractivity contribution in [3.63, 3.8) is 0 Å². The molecule has 1 aromatic carbocycles. The zero-order chi connectivity index (χ0) is 16.2. The molecule has 0 spiro atoms. The van der Waals surface area contributed by atoms with Gasteiger partial charge in [-0.2, -0.15) is 0 Å². The normalized spacial score (nSPS) is 11.4. The predicted molar refractivity (Wildman–Crippen MR) is 81.2 cm³/mol. The minimum atomic E-state index is -3.38. The van der Waals surface area contributed by atoms with Crippen LogP contribution in [0.3, 0.4) is 0 Å². The first-order valence-corrected chi connectivity index (χ1v) is 8.51. The Morgan fingerprint density at radius 2 is 1.91 bits per heavy atom. The second kappa shape index (κ2) is 6.74. The molecule has 0 aliphatic carbocycles. The largest absolute Gasteiger partial charge is 0.361 e. The Hall–Kier alpha value is -2.15. The zero-order valence-corrected chi connectivity index (χ0v) is 13.3. The number of carbonyl (C=O) groups excluding carboxylic acids is 1. The summed E-state index contributed by atoms with van der Waals surface area (Å²) in [6, 6.07) is 8.18. The maximum Gasteiger partial charge on any atom is 0.224 e. The van der Waals surface area contributed by atoms with Crippen molar-refractivity contribution in [1.82, 2.24) is 10.5 Å². The highest BCUT2D eigenvalue weighted by atomic mass is 32.2. The Bertz CT molecular complexity index is 732. The van der Waals surface area contributed by atoms with Gasteiger partial charge in [0, 0.05) is 12.1 Å². The summed E-state index contributed by atoms with van der Waals surface area (Å²) >= 11 is 0. The number of sulfone groups is 1. The zero-order valence-electron chi connectivity index (χ0n) is 12.5. The summed E-state index contributed by atoms with van der Waals surface area (Å²) in [5, 5.41) is 6.39. The SMILES string of the molecule is Cc1noc(C)c1CC(=O)NCCS(=O)(=O)c1ccccc1. The third-order valence-electron chi connectivity index (χ3n) is 3.31. The average Bonchev–Trinajstić information content (AvgIpc) is 2.80. The van der Waals surface area contributed by atoms with Gasteiger partial charge in [-0.05, 0) is 26.0 Å². The summed E-state index contributed by atoms with van der Waals surface area (Å²) in [6.07, 6.45) is 0.131. The maximum atomic E-state index is 12.1. The summed E-state index contributed by atoms with van der Waals surface area (Å²) in [7, 11) is -3.38. The first kappa shape index (κ1) is 16.2. The van der Waals surface area contributed by atoms with Gasteiger partial charge in [0.1, 0.15) is 5.76 Å². The Kier molecular flexibility index (Phi) is 4.97. The molecular weight excluding hydrogens is 304 g/mol. The molecule has 0 aliphatic rings. The Morgan fingerprint density at radius 1 is 1.23 bits per heavy atom. The van der Waals surface area contributed by atoms with E-state index in [1.54, 1.807) is 44.2 Å². The molecule has 0 saturated heterocycles. The average molecular weight is 322 g/mol. The number of nitrogens with one attached hydrogen (secondary N) is 1. The summed E-state index contributed by atoms with van der Waals surface area (Å²) in [6.45, 7) is 3.57. The second-order valence-electron chi connectivity index (χ2n) is 4.96. The van der Waals surface area contributed by atoms with Crippen LogP contribution in [0.5, 0.6) is 0 Å². The molecule has 22 heavy (non-hydrogen) atoms. The number of benzene rings is 1. The molecular formula is C15H18N2O4S. The summed E-state index contributed by atoms with van der Waals surface area (Å²) in [4.78, 5) is 12.1. The van der Waals surface area contributed by atoms with Crippen LogP contribution in [0.25, 0.3) is 0 Å². The fourth-order valence-electron chi connectivity index (χ4n) is 2.05. The van der Waals surface area contributed by atoms with Gasteiger partial charge in [0.2, 0.25) is 5.91 Å². The highest BCUT2D eigenvalue weighted by Gasteiger charge is 2.16.